The number of rotatable bonds is 4. The molecule has 9 heteroatoms. The number of aromatic nitrogens is 3. The minimum atomic E-state index is -0.420. The topological polar surface area (TPSA) is 80.2 Å². The van der Waals surface area contributed by atoms with Crippen LogP contribution in [0.5, 0.6) is 5.88 Å². The van der Waals surface area contributed by atoms with Crippen LogP contribution in [0.15, 0.2) is 18.2 Å². The number of carbonyl (C=O) groups excluding carboxylic acids is 1. The zero-order valence-corrected chi connectivity index (χ0v) is 13.6. The van der Waals surface area contributed by atoms with Gasteiger partial charge in [-0.15, -0.1) is 0 Å². The number of nitrogens with zero attached hydrogens (tertiary/aromatic N) is 4. The highest BCUT2D eigenvalue weighted by Crippen LogP contribution is 2.19. The van der Waals surface area contributed by atoms with Crippen LogP contribution in [0, 0.1) is 0 Å². The minimum absolute atomic E-state index is 0.131. The Morgan fingerprint density at radius 2 is 1.77 bits per heavy atom. The molecule has 0 saturated carbocycles. The van der Waals surface area contributed by atoms with Gasteiger partial charge in [0.05, 0.1) is 7.11 Å². The van der Waals surface area contributed by atoms with Crippen molar-refractivity contribution in [2.45, 2.75) is 0 Å². The van der Waals surface area contributed by atoms with Gasteiger partial charge in [-0.1, -0.05) is 23.2 Å². The molecule has 116 valence electrons. The molecule has 0 spiro atoms. The summed E-state index contributed by atoms with van der Waals surface area (Å²) in [6.07, 6.45) is 0. The number of hydrogen-bond donors (Lipinski definition) is 1. The zero-order valence-electron chi connectivity index (χ0n) is 12.1. The number of nitrogens with one attached hydrogen (secondary N) is 1. The molecule has 2 aromatic rings. The number of hydrogen-bond acceptors (Lipinski definition) is 6. The van der Waals surface area contributed by atoms with Crippen LogP contribution in [0.25, 0.3) is 0 Å². The Morgan fingerprint density at radius 1 is 1.14 bits per heavy atom. The summed E-state index contributed by atoms with van der Waals surface area (Å²) in [5.74, 6) is 0.613. The lowest BCUT2D eigenvalue weighted by Gasteiger charge is -2.13. The molecule has 0 radical (unpaired) electrons. The van der Waals surface area contributed by atoms with Gasteiger partial charge in [0.2, 0.25) is 11.8 Å². The van der Waals surface area contributed by atoms with E-state index in [0.29, 0.717) is 17.6 Å². The van der Waals surface area contributed by atoms with Crippen LogP contribution in [0.1, 0.15) is 10.4 Å². The van der Waals surface area contributed by atoms with Crippen molar-refractivity contribution in [2.75, 3.05) is 31.4 Å². The van der Waals surface area contributed by atoms with Crippen LogP contribution >= 0.6 is 23.2 Å². The molecule has 0 aliphatic heterocycles. The highest BCUT2D eigenvalue weighted by atomic mass is 35.5. The van der Waals surface area contributed by atoms with Crippen LogP contribution in [0.2, 0.25) is 10.3 Å². The first kappa shape index (κ1) is 16.3. The van der Waals surface area contributed by atoms with Crippen molar-refractivity contribution in [3.8, 4) is 5.88 Å². The first-order valence-electron chi connectivity index (χ1n) is 6.14. The quantitative estimate of drug-likeness (QED) is 0.860. The smallest absolute Gasteiger partial charge is 0.257 e. The number of ether oxygens (including phenoxy) is 1. The number of amides is 1. The predicted octanol–water partition coefficient (Wildman–Crippen LogP) is 2.51. The summed E-state index contributed by atoms with van der Waals surface area (Å²) in [4.78, 5) is 26.1. The monoisotopic (exact) mass is 341 g/mol. The number of pyridine rings is 1. The molecular formula is C13H13Cl2N5O2. The van der Waals surface area contributed by atoms with E-state index in [1.54, 1.807) is 19.0 Å². The highest BCUT2D eigenvalue weighted by molar-refractivity contribution is 6.33. The second kappa shape index (κ2) is 6.76. The third kappa shape index (κ3) is 3.96. The van der Waals surface area contributed by atoms with E-state index in [4.69, 9.17) is 27.9 Å². The molecule has 2 rings (SSSR count). The molecule has 1 N–H and O–H groups in total. The van der Waals surface area contributed by atoms with Crippen LogP contribution in [-0.2, 0) is 0 Å². The summed E-state index contributed by atoms with van der Waals surface area (Å²) in [6, 6.07) is 4.33. The molecule has 0 saturated heterocycles. The lowest BCUT2D eigenvalue weighted by Crippen LogP contribution is -2.17. The summed E-state index contributed by atoms with van der Waals surface area (Å²) in [5.41, 5.74) is 0.272. The van der Waals surface area contributed by atoms with Gasteiger partial charge in [0.15, 0.2) is 0 Å². The van der Waals surface area contributed by atoms with Crippen LogP contribution < -0.4 is 15.0 Å². The standard InChI is InChI=1S/C13H13Cl2N5O2/c1-20(2)13-18-10(6-11(19-13)22-3)17-12(21)7-4-8(14)16-9(15)5-7/h4-6H,1-3H3,(H,17,18,19,21). The molecule has 2 aromatic heterocycles. The Balaban J connectivity index is 2.29. The Labute approximate surface area is 137 Å². The van der Waals surface area contributed by atoms with Crippen molar-refractivity contribution in [2.24, 2.45) is 0 Å². The lowest BCUT2D eigenvalue weighted by atomic mass is 10.2. The number of carbonyl (C=O) groups is 1. The van der Waals surface area contributed by atoms with Gasteiger partial charge in [-0.3, -0.25) is 4.79 Å². The Kier molecular flexibility index (Phi) is 4.99. The van der Waals surface area contributed by atoms with Crippen LogP contribution in [-0.4, -0.2) is 42.1 Å². The SMILES string of the molecule is COc1cc(NC(=O)c2cc(Cl)nc(Cl)c2)nc(N(C)C)n1. The van der Waals surface area contributed by atoms with Crippen LogP contribution in [0.4, 0.5) is 11.8 Å². The maximum absolute atomic E-state index is 12.2. The van der Waals surface area contributed by atoms with Gasteiger partial charge in [-0.05, 0) is 12.1 Å². The lowest BCUT2D eigenvalue weighted by molar-refractivity contribution is 0.102. The summed E-state index contributed by atoms with van der Waals surface area (Å²) in [5, 5.41) is 2.90. The Hall–Kier alpha value is -2.12. The van der Waals surface area contributed by atoms with Crippen molar-refractivity contribution in [3.05, 3.63) is 34.1 Å². The zero-order chi connectivity index (χ0) is 16.3. The number of methoxy groups -OCH3 is 1. The fraction of sp³-hybridized carbons (Fsp3) is 0.231. The molecule has 0 aliphatic rings. The summed E-state index contributed by atoms with van der Waals surface area (Å²) in [7, 11) is 5.04. The average molecular weight is 342 g/mol. The first-order valence-corrected chi connectivity index (χ1v) is 6.89. The van der Waals surface area contributed by atoms with E-state index >= 15 is 0 Å². The average Bonchev–Trinajstić information content (AvgIpc) is 2.45. The molecule has 22 heavy (non-hydrogen) atoms. The molecule has 0 aromatic carbocycles. The van der Waals surface area contributed by atoms with E-state index in [9.17, 15) is 4.79 Å². The van der Waals surface area contributed by atoms with E-state index in [1.165, 1.54) is 25.3 Å². The molecule has 0 unspecified atom stereocenters. The normalized spacial score (nSPS) is 10.2. The summed E-state index contributed by atoms with van der Waals surface area (Å²) in [6.45, 7) is 0. The van der Waals surface area contributed by atoms with Crippen molar-refractivity contribution in [1.82, 2.24) is 15.0 Å². The molecular weight excluding hydrogens is 329 g/mol. The van der Waals surface area contributed by atoms with Crippen molar-refractivity contribution in [3.63, 3.8) is 0 Å². The fourth-order valence-corrected chi connectivity index (χ4v) is 2.03. The van der Waals surface area contributed by atoms with Gasteiger partial charge in [0.1, 0.15) is 16.1 Å². The maximum Gasteiger partial charge on any atom is 0.257 e. The van der Waals surface area contributed by atoms with E-state index in [0.717, 1.165) is 0 Å². The largest absolute Gasteiger partial charge is 0.481 e. The van der Waals surface area contributed by atoms with Gasteiger partial charge in [-0.25, -0.2) is 4.98 Å². The van der Waals surface area contributed by atoms with E-state index in [2.05, 4.69) is 20.3 Å². The maximum atomic E-state index is 12.2. The molecule has 0 aliphatic carbocycles. The summed E-state index contributed by atoms with van der Waals surface area (Å²) >= 11 is 11.6. The van der Waals surface area contributed by atoms with Gasteiger partial charge < -0.3 is 15.0 Å². The van der Waals surface area contributed by atoms with E-state index in [1.807, 2.05) is 0 Å². The van der Waals surface area contributed by atoms with Gasteiger partial charge >= 0.3 is 0 Å². The predicted molar refractivity (Wildman–Crippen MR) is 85.1 cm³/mol. The molecule has 7 nitrogen and oxygen atoms in total. The second-order valence-corrected chi connectivity index (χ2v) is 5.22. The minimum Gasteiger partial charge on any atom is -0.481 e. The molecule has 0 fully saturated rings. The van der Waals surface area contributed by atoms with Gasteiger partial charge in [0, 0.05) is 25.7 Å². The number of anilines is 2. The Morgan fingerprint density at radius 3 is 2.32 bits per heavy atom. The summed E-state index contributed by atoms with van der Waals surface area (Å²) < 4.78 is 5.09. The third-order valence-electron chi connectivity index (χ3n) is 2.57. The molecule has 0 bridgehead atoms. The molecule has 2 heterocycles. The van der Waals surface area contributed by atoms with Gasteiger partial charge in [0.25, 0.3) is 5.91 Å². The second-order valence-electron chi connectivity index (χ2n) is 4.45. The fourth-order valence-electron chi connectivity index (χ4n) is 1.57. The van der Waals surface area contributed by atoms with Gasteiger partial charge in [-0.2, -0.15) is 9.97 Å². The van der Waals surface area contributed by atoms with E-state index in [-0.39, 0.29) is 15.9 Å². The third-order valence-corrected chi connectivity index (χ3v) is 2.95. The molecule has 1 amide bonds. The molecule has 0 atom stereocenters. The number of halogens is 2. The van der Waals surface area contributed by atoms with Crippen LogP contribution in [0.3, 0.4) is 0 Å². The van der Waals surface area contributed by atoms with Crippen molar-refractivity contribution >= 4 is 40.9 Å². The Bertz CT molecular complexity index is 689. The van der Waals surface area contributed by atoms with E-state index < -0.39 is 5.91 Å². The van der Waals surface area contributed by atoms with Crippen molar-refractivity contribution in [1.29, 1.82) is 0 Å². The van der Waals surface area contributed by atoms with Crippen molar-refractivity contribution < 1.29 is 9.53 Å². The highest BCUT2D eigenvalue weighted by Gasteiger charge is 2.12. The first-order chi connectivity index (χ1) is 10.4.